The summed E-state index contributed by atoms with van der Waals surface area (Å²) in [7, 11) is 1.87. The maximum atomic E-state index is 12.6. The van der Waals surface area contributed by atoms with E-state index in [4.69, 9.17) is 11.6 Å². The number of aryl methyl sites for hydroxylation is 3. The molecule has 1 amide bonds. The molecule has 0 radical (unpaired) electrons. The molecule has 2 aromatic heterocycles. The zero-order valence-electron chi connectivity index (χ0n) is 14.3. The van der Waals surface area contributed by atoms with Gasteiger partial charge in [-0.25, -0.2) is 0 Å². The molecule has 0 saturated heterocycles. The first kappa shape index (κ1) is 16.6. The van der Waals surface area contributed by atoms with E-state index in [9.17, 15) is 4.79 Å². The third-order valence-corrected chi connectivity index (χ3v) is 4.50. The Morgan fingerprint density at radius 1 is 1.29 bits per heavy atom. The molecule has 0 bridgehead atoms. The second-order valence-corrected chi connectivity index (χ2v) is 6.66. The molecule has 2 heterocycles. The van der Waals surface area contributed by atoms with Gasteiger partial charge < -0.3 is 9.88 Å². The summed E-state index contributed by atoms with van der Waals surface area (Å²) in [5.74, 6) is -0.0989. The van der Waals surface area contributed by atoms with E-state index in [0.717, 1.165) is 22.3 Å². The van der Waals surface area contributed by atoms with Gasteiger partial charge in [-0.1, -0.05) is 17.7 Å². The van der Waals surface area contributed by atoms with Crippen LogP contribution in [-0.2, 0) is 7.05 Å². The van der Waals surface area contributed by atoms with Gasteiger partial charge in [-0.2, -0.15) is 5.10 Å². The van der Waals surface area contributed by atoms with Crippen LogP contribution < -0.4 is 5.32 Å². The average Bonchev–Trinajstić information content (AvgIpc) is 3.04. The fourth-order valence-corrected chi connectivity index (χ4v) is 3.20. The number of hydrogen-bond donors (Lipinski definition) is 1. The molecule has 1 aromatic carbocycles. The first-order chi connectivity index (χ1) is 11.4. The molecule has 0 aliphatic rings. The van der Waals surface area contributed by atoms with E-state index in [2.05, 4.69) is 10.4 Å². The first-order valence-electron chi connectivity index (χ1n) is 7.92. The van der Waals surface area contributed by atoms with Crippen LogP contribution >= 0.6 is 11.6 Å². The number of nitrogens with zero attached hydrogens (tertiary/aromatic N) is 3. The molecule has 0 unspecified atom stereocenters. The highest BCUT2D eigenvalue weighted by Crippen LogP contribution is 2.22. The van der Waals surface area contributed by atoms with Crippen molar-refractivity contribution in [3.8, 4) is 0 Å². The monoisotopic (exact) mass is 344 g/mol. The van der Waals surface area contributed by atoms with Crippen LogP contribution in [0.2, 0.25) is 5.02 Å². The second-order valence-electron chi connectivity index (χ2n) is 6.22. The number of halogens is 1. The minimum absolute atomic E-state index is 0.0896. The molecule has 0 fully saturated rings. The highest BCUT2D eigenvalue weighted by Gasteiger charge is 2.16. The van der Waals surface area contributed by atoms with Crippen molar-refractivity contribution in [1.29, 1.82) is 0 Å². The van der Waals surface area contributed by atoms with Crippen LogP contribution in [0.1, 0.15) is 34.8 Å². The smallest absolute Gasteiger partial charge is 0.268 e. The van der Waals surface area contributed by atoms with Crippen LogP contribution in [0.15, 0.2) is 30.3 Å². The Morgan fingerprint density at radius 3 is 2.71 bits per heavy atom. The minimum atomic E-state index is -0.0989. The van der Waals surface area contributed by atoms with Crippen LogP contribution in [0.25, 0.3) is 10.9 Å². The molecule has 24 heavy (non-hydrogen) atoms. The lowest BCUT2D eigenvalue weighted by atomic mass is 10.2. The van der Waals surface area contributed by atoms with Gasteiger partial charge in [-0.15, -0.1) is 0 Å². The average molecular weight is 345 g/mol. The summed E-state index contributed by atoms with van der Waals surface area (Å²) in [6.45, 7) is 6.55. The van der Waals surface area contributed by atoms with Crippen molar-refractivity contribution >= 4 is 28.4 Å². The predicted octanol–water partition coefficient (Wildman–Crippen LogP) is 3.64. The van der Waals surface area contributed by atoms with E-state index in [1.807, 2.05) is 67.4 Å². The van der Waals surface area contributed by atoms with E-state index < -0.39 is 0 Å². The Labute approximate surface area is 146 Å². The van der Waals surface area contributed by atoms with Gasteiger partial charge in [0, 0.05) is 35.2 Å². The van der Waals surface area contributed by atoms with E-state index in [0.29, 0.717) is 17.3 Å². The number of fused-ring (bicyclic) bond motifs is 1. The van der Waals surface area contributed by atoms with Crippen molar-refractivity contribution < 1.29 is 4.79 Å². The SMILES string of the molecule is Cc1cc(C)n([C@@H](C)CNC(=O)c2cc3ccc(Cl)cc3n2C)n1. The lowest BCUT2D eigenvalue weighted by molar-refractivity contribution is 0.0940. The molecule has 1 atom stereocenters. The Kier molecular flexibility index (Phi) is 4.37. The molecular formula is C18H21ClN4O. The molecule has 1 N–H and O–H groups in total. The summed E-state index contributed by atoms with van der Waals surface area (Å²) in [6, 6.07) is 9.63. The zero-order valence-corrected chi connectivity index (χ0v) is 15.1. The van der Waals surface area contributed by atoms with Gasteiger partial charge in [0.15, 0.2) is 0 Å². The number of carbonyl (C=O) groups is 1. The Hall–Kier alpha value is -2.27. The summed E-state index contributed by atoms with van der Waals surface area (Å²) >= 11 is 6.04. The van der Waals surface area contributed by atoms with Crippen molar-refractivity contribution in [1.82, 2.24) is 19.7 Å². The van der Waals surface area contributed by atoms with E-state index in [1.165, 1.54) is 0 Å². The number of nitrogens with one attached hydrogen (secondary N) is 1. The summed E-state index contributed by atoms with van der Waals surface area (Å²) in [5, 5.41) is 9.12. The van der Waals surface area contributed by atoms with Crippen molar-refractivity contribution in [2.24, 2.45) is 7.05 Å². The number of carbonyl (C=O) groups excluding carboxylic acids is 1. The molecule has 3 aromatic rings. The van der Waals surface area contributed by atoms with Gasteiger partial charge in [-0.3, -0.25) is 9.48 Å². The number of aromatic nitrogens is 3. The molecule has 5 nitrogen and oxygen atoms in total. The summed E-state index contributed by atoms with van der Waals surface area (Å²) < 4.78 is 3.81. The summed E-state index contributed by atoms with van der Waals surface area (Å²) in [5.41, 5.74) is 3.64. The largest absolute Gasteiger partial charge is 0.349 e. The quantitative estimate of drug-likeness (QED) is 0.785. The van der Waals surface area contributed by atoms with Crippen molar-refractivity contribution in [2.75, 3.05) is 6.54 Å². The fraction of sp³-hybridized carbons (Fsp3) is 0.333. The molecule has 0 spiro atoms. The highest BCUT2D eigenvalue weighted by atomic mass is 35.5. The fourth-order valence-electron chi connectivity index (χ4n) is 3.03. The summed E-state index contributed by atoms with van der Waals surface area (Å²) in [4.78, 5) is 12.6. The molecule has 0 saturated carbocycles. The third-order valence-electron chi connectivity index (χ3n) is 4.26. The summed E-state index contributed by atoms with van der Waals surface area (Å²) in [6.07, 6.45) is 0. The molecule has 0 aliphatic heterocycles. The first-order valence-corrected chi connectivity index (χ1v) is 8.30. The van der Waals surface area contributed by atoms with Gasteiger partial charge in [0.1, 0.15) is 5.69 Å². The van der Waals surface area contributed by atoms with Gasteiger partial charge >= 0.3 is 0 Å². The van der Waals surface area contributed by atoms with E-state index in [1.54, 1.807) is 0 Å². The van der Waals surface area contributed by atoms with Gasteiger partial charge in [-0.05, 0) is 45.0 Å². The molecule has 126 valence electrons. The second kappa shape index (κ2) is 6.32. The van der Waals surface area contributed by atoms with Crippen LogP contribution in [0.5, 0.6) is 0 Å². The van der Waals surface area contributed by atoms with E-state index in [-0.39, 0.29) is 11.9 Å². The standard InChI is InChI=1S/C18H21ClN4O/c1-11-7-12(2)23(21-11)13(3)10-20-18(24)17-8-14-5-6-15(19)9-16(14)22(17)4/h5-9,13H,10H2,1-4H3,(H,20,24)/t13-/m0/s1. The van der Waals surface area contributed by atoms with Gasteiger partial charge in [0.05, 0.1) is 11.7 Å². The molecule has 0 aliphatic carbocycles. The van der Waals surface area contributed by atoms with Gasteiger partial charge in [0.25, 0.3) is 5.91 Å². The maximum Gasteiger partial charge on any atom is 0.268 e. The van der Waals surface area contributed by atoms with Crippen molar-refractivity contribution in [3.05, 3.63) is 52.4 Å². The van der Waals surface area contributed by atoms with Crippen molar-refractivity contribution in [2.45, 2.75) is 26.8 Å². The topological polar surface area (TPSA) is 51.9 Å². The van der Waals surface area contributed by atoms with Crippen LogP contribution in [0.3, 0.4) is 0 Å². The lowest BCUT2D eigenvalue weighted by Gasteiger charge is -2.15. The normalized spacial score (nSPS) is 12.5. The van der Waals surface area contributed by atoms with Crippen molar-refractivity contribution in [3.63, 3.8) is 0 Å². The Bertz CT molecular complexity index is 909. The zero-order chi connectivity index (χ0) is 17.4. The van der Waals surface area contributed by atoms with E-state index >= 15 is 0 Å². The number of rotatable bonds is 4. The molecular weight excluding hydrogens is 324 g/mol. The van der Waals surface area contributed by atoms with Crippen LogP contribution in [0, 0.1) is 13.8 Å². The third kappa shape index (κ3) is 3.04. The Balaban J connectivity index is 1.75. The lowest BCUT2D eigenvalue weighted by Crippen LogP contribution is -2.31. The number of amides is 1. The van der Waals surface area contributed by atoms with Crippen LogP contribution in [-0.4, -0.2) is 26.8 Å². The van der Waals surface area contributed by atoms with Crippen LogP contribution in [0.4, 0.5) is 0 Å². The predicted molar refractivity (Wildman–Crippen MR) is 96.7 cm³/mol. The maximum absolute atomic E-state index is 12.6. The number of benzene rings is 1. The minimum Gasteiger partial charge on any atom is -0.349 e. The highest BCUT2D eigenvalue weighted by molar-refractivity contribution is 6.31. The molecule has 6 heteroatoms. The number of hydrogen-bond acceptors (Lipinski definition) is 2. The van der Waals surface area contributed by atoms with Gasteiger partial charge in [0.2, 0.25) is 0 Å². The molecule has 3 rings (SSSR count). The Morgan fingerprint density at radius 2 is 2.04 bits per heavy atom.